The summed E-state index contributed by atoms with van der Waals surface area (Å²) < 4.78 is 11.9. The molecule has 2 aromatic rings. The van der Waals surface area contributed by atoms with Gasteiger partial charge in [0, 0.05) is 41.9 Å². The Hall–Kier alpha value is -3.76. The van der Waals surface area contributed by atoms with Crippen molar-refractivity contribution >= 4 is 46.4 Å². The molecule has 202 valence electrons. The molecule has 0 radical (unpaired) electrons. The summed E-state index contributed by atoms with van der Waals surface area (Å²) in [4.78, 5) is 39.6. The van der Waals surface area contributed by atoms with E-state index in [1.54, 1.807) is 35.9 Å². The Balaban J connectivity index is 1.15. The molecule has 3 heterocycles. The van der Waals surface area contributed by atoms with Crippen molar-refractivity contribution < 1.29 is 23.9 Å². The van der Waals surface area contributed by atoms with Gasteiger partial charge in [0.1, 0.15) is 29.5 Å². The number of allylic oxidation sites excluding steroid dienone is 5. The third-order valence-electron chi connectivity index (χ3n) is 6.54. The van der Waals surface area contributed by atoms with Crippen LogP contribution in [0, 0.1) is 0 Å². The van der Waals surface area contributed by atoms with Gasteiger partial charge in [-0.1, -0.05) is 18.2 Å². The molecule has 2 aliphatic heterocycles. The van der Waals surface area contributed by atoms with Gasteiger partial charge >= 0.3 is 0 Å². The molecule has 2 unspecified atom stereocenters. The zero-order chi connectivity index (χ0) is 27.4. The number of thioether (sulfide) groups is 1. The molecule has 0 saturated carbocycles. The van der Waals surface area contributed by atoms with Crippen LogP contribution in [-0.4, -0.2) is 53.3 Å². The van der Waals surface area contributed by atoms with Gasteiger partial charge in [-0.3, -0.25) is 19.3 Å². The highest BCUT2D eigenvalue weighted by Gasteiger charge is 2.51. The fraction of sp³-hybridized carbons (Fsp3) is 0.276. The highest BCUT2D eigenvalue weighted by atomic mass is 32.2. The number of hydrogen-bond acceptors (Lipinski definition) is 8. The maximum atomic E-state index is 12.8. The SMILES string of the molecule is CNc1ccc(OC/C=C\C2=C(C)N3C(=O)C(NC(=O)Cc4cccs4)C3SC2)cc1OC1=CC(=O)C=CC1. The van der Waals surface area contributed by atoms with Crippen molar-refractivity contribution in [3.8, 4) is 11.5 Å². The van der Waals surface area contributed by atoms with Gasteiger partial charge in [-0.25, -0.2) is 0 Å². The first-order chi connectivity index (χ1) is 18.9. The quantitative estimate of drug-likeness (QED) is 0.413. The van der Waals surface area contributed by atoms with Gasteiger partial charge in [-0.2, -0.15) is 0 Å². The number of ketones is 1. The Morgan fingerprint density at radius 2 is 2.13 bits per heavy atom. The standard InChI is InChI=1S/C29H29N3O5S2/c1-18-19(17-39-29-27(28(35)32(18)29)31-26(34)16-23-9-5-13-38-23)6-4-12-36-21-10-11-24(30-2)25(15-21)37-22-8-3-7-20(33)14-22/h3-7,9-11,13-15,27,29-30H,8,12,16-17H2,1-2H3,(H,31,34)/b6-4-. The zero-order valence-electron chi connectivity index (χ0n) is 21.6. The topological polar surface area (TPSA) is 97.0 Å². The van der Waals surface area contributed by atoms with Gasteiger partial charge in [0.25, 0.3) is 5.91 Å². The minimum Gasteiger partial charge on any atom is -0.489 e. The molecule has 1 aliphatic carbocycles. The molecule has 39 heavy (non-hydrogen) atoms. The van der Waals surface area contributed by atoms with Crippen LogP contribution in [0.3, 0.4) is 0 Å². The second-order valence-corrected chi connectivity index (χ2v) is 11.3. The van der Waals surface area contributed by atoms with E-state index in [0.717, 1.165) is 27.6 Å². The number of nitrogens with zero attached hydrogens (tertiary/aromatic N) is 1. The minimum atomic E-state index is -0.484. The Morgan fingerprint density at radius 1 is 1.26 bits per heavy atom. The number of nitrogens with one attached hydrogen (secondary N) is 2. The summed E-state index contributed by atoms with van der Waals surface area (Å²) in [5, 5.41) is 7.86. The van der Waals surface area contributed by atoms with Gasteiger partial charge in [-0.05, 0) is 48.2 Å². The van der Waals surface area contributed by atoms with E-state index in [0.29, 0.717) is 36.7 Å². The van der Waals surface area contributed by atoms with Crippen molar-refractivity contribution in [2.75, 3.05) is 24.7 Å². The number of anilines is 1. The van der Waals surface area contributed by atoms with Crippen LogP contribution in [0.1, 0.15) is 18.2 Å². The van der Waals surface area contributed by atoms with Gasteiger partial charge in [0.2, 0.25) is 5.91 Å². The summed E-state index contributed by atoms with van der Waals surface area (Å²) >= 11 is 3.18. The van der Waals surface area contributed by atoms with E-state index in [2.05, 4.69) is 10.6 Å². The second-order valence-electron chi connectivity index (χ2n) is 9.16. The maximum Gasteiger partial charge on any atom is 0.253 e. The van der Waals surface area contributed by atoms with Crippen LogP contribution in [0.25, 0.3) is 0 Å². The van der Waals surface area contributed by atoms with Crippen LogP contribution < -0.4 is 20.1 Å². The second kappa shape index (κ2) is 12.0. The van der Waals surface area contributed by atoms with E-state index < -0.39 is 6.04 Å². The van der Waals surface area contributed by atoms with Crippen LogP contribution in [0.4, 0.5) is 5.69 Å². The Bertz CT molecular complexity index is 1390. The van der Waals surface area contributed by atoms with Gasteiger partial charge in [-0.15, -0.1) is 23.1 Å². The minimum absolute atomic E-state index is 0.0752. The molecule has 10 heteroatoms. The fourth-order valence-corrected chi connectivity index (χ4v) is 6.66. The number of hydrogen-bond donors (Lipinski definition) is 2. The summed E-state index contributed by atoms with van der Waals surface area (Å²) in [6.07, 6.45) is 9.55. The van der Waals surface area contributed by atoms with E-state index in [-0.39, 0.29) is 23.0 Å². The Kier molecular flexibility index (Phi) is 8.23. The van der Waals surface area contributed by atoms with Crippen molar-refractivity contribution in [1.29, 1.82) is 0 Å². The van der Waals surface area contributed by atoms with Gasteiger partial charge in [0.05, 0.1) is 12.1 Å². The zero-order valence-corrected chi connectivity index (χ0v) is 23.3. The van der Waals surface area contributed by atoms with E-state index in [1.165, 1.54) is 23.5 Å². The molecular formula is C29H29N3O5S2. The molecule has 2 amide bonds. The summed E-state index contributed by atoms with van der Waals surface area (Å²) in [5.41, 5.74) is 2.74. The van der Waals surface area contributed by atoms with Crippen molar-refractivity contribution in [1.82, 2.24) is 10.2 Å². The predicted molar refractivity (Wildman–Crippen MR) is 154 cm³/mol. The number of amides is 2. The summed E-state index contributed by atoms with van der Waals surface area (Å²) in [6.45, 7) is 2.28. The molecule has 8 nitrogen and oxygen atoms in total. The molecule has 1 aromatic heterocycles. The summed E-state index contributed by atoms with van der Waals surface area (Å²) in [6, 6.07) is 8.86. The van der Waals surface area contributed by atoms with Crippen LogP contribution in [0.2, 0.25) is 0 Å². The molecule has 3 aliphatic rings. The van der Waals surface area contributed by atoms with Crippen LogP contribution in [0.15, 0.2) is 83.1 Å². The molecular weight excluding hydrogens is 534 g/mol. The summed E-state index contributed by atoms with van der Waals surface area (Å²) in [7, 11) is 1.80. The number of ether oxygens (including phenoxy) is 2. The van der Waals surface area contributed by atoms with Gasteiger partial charge < -0.3 is 20.1 Å². The van der Waals surface area contributed by atoms with Gasteiger partial charge in [0.15, 0.2) is 11.5 Å². The lowest BCUT2D eigenvalue weighted by Crippen LogP contribution is -2.69. The Labute approximate surface area is 235 Å². The lowest BCUT2D eigenvalue weighted by molar-refractivity contribution is -0.145. The molecule has 2 atom stereocenters. The number of rotatable bonds is 10. The summed E-state index contributed by atoms with van der Waals surface area (Å²) in [5.74, 6) is 2.24. The molecule has 5 rings (SSSR count). The van der Waals surface area contributed by atoms with Crippen LogP contribution in [-0.2, 0) is 20.8 Å². The van der Waals surface area contributed by atoms with Crippen molar-refractivity contribution in [2.24, 2.45) is 0 Å². The molecule has 1 fully saturated rings. The Morgan fingerprint density at radius 3 is 2.90 bits per heavy atom. The molecule has 2 N–H and O–H groups in total. The average molecular weight is 564 g/mol. The number of β-lactam (4-membered cyclic amide) rings is 1. The number of carbonyl (C=O) groups excluding carboxylic acids is 3. The number of fused-ring (bicyclic) bond motifs is 1. The normalized spacial score (nSPS) is 20.5. The van der Waals surface area contributed by atoms with Crippen LogP contribution in [0.5, 0.6) is 11.5 Å². The first kappa shape index (κ1) is 26.8. The highest BCUT2D eigenvalue weighted by Crippen LogP contribution is 2.40. The largest absolute Gasteiger partial charge is 0.489 e. The first-order valence-electron chi connectivity index (χ1n) is 12.6. The third-order valence-corrected chi connectivity index (χ3v) is 8.72. The number of benzene rings is 1. The molecule has 1 saturated heterocycles. The highest BCUT2D eigenvalue weighted by molar-refractivity contribution is 8.00. The molecule has 0 bridgehead atoms. The maximum absolute atomic E-state index is 12.8. The van der Waals surface area contributed by atoms with E-state index >= 15 is 0 Å². The number of thiophene rings is 1. The first-order valence-corrected chi connectivity index (χ1v) is 14.5. The van der Waals surface area contributed by atoms with Crippen molar-refractivity contribution in [2.45, 2.75) is 31.2 Å². The number of carbonyl (C=O) groups is 3. The van der Waals surface area contributed by atoms with E-state index in [4.69, 9.17) is 9.47 Å². The van der Waals surface area contributed by atoms with E-state index in [1.807, 2.05) is 48.7 Å². The van der Waals surface area contributed by atoms with E-state index in [9.17, 15) is 14.4 Å². The van der Waals surface area contributed by atoms with Crippen molar-refractivity contribution in [3.05, 3.63) is 88.0 Å². The fourth-order valence-electron chi connectivity index (χ4n) is 4.51. The average Bonchev–Trinajstić information content (AvgIpc) is 3.43. The lowest BCUT2D eigenvalue weighted by Gasteiger charge is -2.50. The third kappa shape index (κ3) is 6.12. The monoisotopic (exact) mass is 563 g/mol. The molecule has 1 aromatic carbocycles. The lowest BCUT2D eigenvalue weighted by atomic mass is 10.0. The smallest absolute Gasteiger partial charge is 0.253 e. The predicted octanol–water partition coefficient (Wildman–Crippen LogP) is 4.43. The molecule has 0 spiro atoms. The van der Waals surface area contributed by atoms with Crippen molar-refractivity contribution in [3.63, 3.8) is 0 Å². The van der Waals surface area contributed by atoms with Crippen LogP contribution >= 0.6 is 23.1 Å².